The van der Waals surface area contributed by atoms with Crippen molar-refractivity contribution >= 4 is 11.9 Å². The first kappa shape index (κ1) is 12.9. The standard InChI is InChI=1S/C16H14O3/c1-3-11-9-13(14(17)10-15(11)19-2)16(18)12-7-5-4-6-8-12/h3-10,17H,1H2,2H3. The molecule has 19 heavy (non-hydrogen) atoms. The van der Waals surface area contributed by atoms with Crippen molar-refractivity contribution in [2.24, 2.45) is 0 Å². The summed E-state index contributed by atoms with van der Waals surface area (Å²) in [6, 6.07) is 11.8. The van der Waals surface area contributed by atoms with Crippen molar-refractivity contribution in [2.45, 2.75) is 0 Å². The molecule has 1 N–H and O–H groups in total. The van der Waals surface area contributed by atoms with Crippen LogP contribution in [0.25, 0.3) is 6.08 Å². The van der Waals surface area contributed by atoms with Crippen molar-refractivity contribution in [1.82, 2.24) is 0 Å². The normalized spacial score (nSPS) is 9.95. The van der Waals surface area contributed by atoms with Crippen LogP contribution in [-0.4, -0.2) is 18.0 Å². The smallest absolute Gasteiger partial charge is 0.196 e. The van der Waals surface area contributed by atoms with Crippen molar-refractivity contribution < 1.29 is 14.6 Å². The van der Waals surface area contributed by atoms with Gasteiger partial charge in [-0.15, -0.1) is 0 Å². The van der Waals surface area contributed by atoms with Gasteiger partial charge in [-0.25, -0.2) is 0 Å². The molecule has 3 nitrogen and oxygen atoms in total. The number of ether oxygens (including phenoxy) is 1. The van der Waals surface area contributed by atoms with Crippen molar-refractivity contribution in [1.29, 1.82) is 0 Å². The number of hydrogen-bond donors (Lipinski definition) is 1. The Hall–Kier alpha value is -2.55. The van der Waals surface area contributed by atoms with Gasteiger partial charge in [-0.2, -0.15) is 0 Å². The Morgan fingerprint density at radius 1 is 1.26 bits per heavy atom. The summed E-state index contributed by atoms with van der Waals surface area (Å²) >= 11 is 0. The Bertz CT molecular complexity index is 615. The molecule has 2 rings (SSSR count). The predicted octanol–water partition coefficient (Wildman–Crippen LogP) is 3.27. The van der Waals surface area contributed by atoms with E-state index < -0.39 is 0 Å². The van der Waals surface area contributed by atoms with Gasteiger partial charge < -0.3 is 9.84 Å². The van der Waals surface area contributed by atoms with Crippen LogP contribution < -0.4 is 4.74 Å². The quantitative estimate of drug-likeness (QED) is 0.852. The summed E-state index contributed by atoms with van der Waals surface area (Å²) in [5, 5.41) is 9.94. The van der Waals surface area contributed by atoms with Crippen LogP contribution in [0, 0.1) is 0 Å². The topological polar surface area (TPSA) is 46.5 Å². The zero-order valence-electron chi connectivity index (χ0n) is 10.6. The molecule has 0 saturated heterocycles. The third-order valence-corrected chi connectivity index (χ3v) is 2.85. The number of phenols is 1. The van der Waals surface area contributed by atoms with Crippen LogP contribution in [-0.2, 0) is 0 Å². The molecule has 0 aliphatic heterocycles. The average Bonchev–Trinajstić information content (AvgIpc) is 2.47. The summed E-state index contributed by atoms with van der Waals surface area (Å²) < 4.78 is 5.11. The van der Waals surface area contributed by atoms with Gasteiger partial charge in [-0.05, 0) is 6.07 Å². The zero-order chi connectivity index (χ0) is 13.8. The SMILES string of the molecule is C=Cc1cc(C(=O)c2ccccc2)c(O)cc1OC. The molecule has 0 aliphatic rings. The van der Waals surface area contributed by atoms with Crippen LogP contribution in [0.3, 0.4) is 0 Å². The Labute approximate surface area is 111 Å². The lowest BCUT2D eigenvalue weighted by atomic mass is 9.99. The number of rotatable bonds is 4. The molecule has 2 aromatic rings. The molecule has 0 amide bonds. The van der Waals surface area contributed by atoms with Gasteiger partial charge in [-0.3, -0.25) is 4.79 Å². The molecule has 2 aromatic carbocycles. The van der Waals surface area contributed by atoms with Crippen LogP contribution in [0.4, 0.5) is 0 Å². The molecule has 0 saturated carbocycles. The van der Waals surface area contributed by atoms with Crippen molar-refractivity contribution in [3.05, 3.63) is 65.7 Å². The van der Waals surface area contributed by atoms with E-state index in [1.807, 2.05) is 6.07 Å². The Morgan fingerprint density at radius 2 is 1.95 bits per heavy atom. The average molecular weight is 254 g/mol. The van der Waals surface area contributed by atoms with Gasteiger partial charge in [-0.1, -0.05) is 43.0 Å². The number of phenolic OH excluding ortho intramolecular Hbond substituents is 1. The summed E-state index contributed by atoms with van der Waals surface area (Å²) in [5.74, 6) is 0.150. The number of carbonyl (C=O) groups is 1. The lowest BCUT2D eigenvalue weighted by molar-refractivity contribution is 0.103. The van der Waals surface area contributed by atoms with E-state index in [1.54, 1.807) is 36.4 Å². The molecule has 0 fully saturated rings. The molecular weight excluding hydrogens is 240 g/mol. The maximum atomic E-state index is 12.3. The molecule has 0 aromatic heterocycles. The van der Waals surface area contributed by atoms with Crippen molar-refractivity contribution in [3.63, 3.8) is 0 Å². The number of methoxy groups -OCH3 is 1. The molecular formula is C16H14O3. The third kappa shape index (κ3) is 2.50. The van der Waals surface area contributed by atoms with Crippen LogP contribution >= 0.6 is 0 Å². The lowest BCUT2D eigenvalue weighted by Crippen LogP contribution is -2.02. The Balaban J connectivity index is 2.51. The monoisotopic (exact) mass is 254 g/mol. The van der Waals surface area contributed by atoms with Crippen LogP contribution in [0.2, 0.25) is 0 Å². The van der Waals surface area contributed by atoms with Gasteiger partial charge in [0, 0.05) is 17.2 Å². The van der Waals surface area contributed by atoms with Gasteiger partial charge in [0.05, 0.1) is 12.7 Å². The first-order valence-electron chi connectivity index (χ1n) is 5.80. The van der Waals surface area contributed by atoms with Gasteiger partial charge >= 0.3 is 0 Å². The highest BCUT2D eigenvalue weighted by Crippen LogP contribution is 2.30. The first-order valence-corrected chi connectivity index (χ1v) is 5.80. The van der Waals surface area contributed by atoms with Gasteiger partial charge in [0.25, 0.3) is 0 Å². The molecule has 0 radical (unpaired) electrons. The summed E-state index contributed by atoms with van der Waals surface area (Å²) in [4.78, 5) is 12.3. The maximum Gasteiger partial charge on any atom is 0.196 e. The molecule has 96 valence electrons. The number of benzene rings is 2. The molecule has 0 atom stereocenters. The van der Waals surface area contributed by atoms with Gasteiger partial charge in [0.15, 0.2) is 5.78 Å². The minimum Gasteiger partial charge on any atom is -0.507 e. The number of ketones is 1. The van der Waals surface area contributed by atoms with E-state index in [0.29, 0.717) is 16.9 Å². The van der Waals surface area contributed by atoms with Crippen LogP contribution in [0.15, 0.2) is 49.0 Å². The summed E-state index contributed by atoms with van der Waals surface area (Å²) in [6.45, 7) is 3.67. The molecule has 0 aliphatic carbocycles. The summed E-state index contributed by atoms with van der Waals surface area (Å²) in [7, 11) is 1.50. The van der Waals surface area contributed by atoms with E-state index in [1.165, 1.54) is 13.2 Å². The highest BCUT2D eigenvalue weighted by molar-refractivity contribution is 6.11. The van der Waals surface area contributed by atoms with Gasteiger partial charge in [0.2, 0.25) is 0 Å². The highest BCUT2D eigenvalue weighted by atomic mass is 16.5. The molecule has 0 heterocycles. The zero-order valence-corrected chi connectivity index (χ0v) is 10.6. The third-order valence-electron chi connectivity index (χ3n) is 2.85. The van der Waals surface area contributed by atoms with E-state index >= 15 is 0 Å². The summed E-state index contributed by atoms with van der Waals surface area (Å²) in [6.07, 6.45) is 1.58. The second-order valence-corrected chi connectivity index (χ2v) is 4.01. The van der Waals surface area contributed by atoms with E-state index in [0.717, 1.165) is 0 Å². The van der Waals surface area contributed by atoms with Crippen molar-refractivity contribution in [3.8, 4) is 11.5 Å². The fraction of sp³-hybridized carbons (Fsp3) is 0.0625. The molecule has 0 bridgehead atoms. The largest absolute Gasteiger partial charge is 0.507 e. The van der Waals surface area contributed by atoms with E-state index in [4.69, 9.17) is 4.74 Å². The Kier molecular flexibility index (Phi) is 3.66. The lowest BCUT2D eigenvalue weighted by Gasteiger charge is -2.09. The van der Waals surface area contributed by atoms with E-state index in [-0.39, 0.29) is 17.1 Å². The fourth-order valence-electron chi connectivity index (χ4n) is 1.85. The highest BCUT2D eigenvalue weighted by Gasteiger charge is 2.16. The second kappa shape index (κ2) is 5.40. The first-order chi connectivity index (χ1) is 9.17. The van der Waals surface area contributed by atoms with Crippen LogP contribution in [0.1, 0.15) is 21.5 Å². The van der Waals surface area contributed by atoms with Gasteiger partial charge in [0.1, 0.15) is 11.5 Å². The molecule has 0 spiro atoms. The fourth-order valence-corrected chi connectivity index (χ4v) is 1.85. The predicted molar refractivity (Wildman–Crippen MR) is 74.6 cm³/mol. The Morgan fingerprint density at radius 3 is 2.53 bits per heavy atom. The number of hydrogen-bond acceptors (Lipinski definition) is 3. The minimum absolute atomic E-state index is 0.101. The molecule has 3 heteroatoms. The second-order valence-electron chi connectivity index (χ2n) is 4.01. The number of carbonyl (C=O) groups excluding carboxylic acids is 1. The van der Waals surface area contributed by atoms with E-state index in [9.17, 15) is 9.90 Å². The van der Waals surface area contributed by atoms with Crippen molar-refractivity contribution in [2.75, 3.05) is 7.11 Å². The maximum absolute atomic E-state index is 12.3. The van der Waals surface area contributed by atoms with Crippen LogP contribution in [0.5, 0.6) is 11.5 Å². The molecule has 0 unspecified atom stereocenters. The summed E-state index contributed by atoms with van der Waals surface area (Å²) in [5.41, 5.74) is 1.43. The number of aromatic hydroxyl groups is 1. The minimum atomic E-state index is -0.233. The van der Waals surface area contributed by atoms with E-state index in [2.05, 4.69) is 6.58 Å².